The van der Waals surface area contributed by atoms with Crippen LogP contribution in [0.1, 0.15) is 33.6 Å². The number of nitrogens with one attached hydrogen (secondary N) is 3. The molecule has 0 bridgehead atoms. The summed E-state index contributed by atoms with van der Waals surface area (Å²) in [6.07, 6.45) is 1.88. The van der Waals surface area contributed by atoms with Gasteiger partial charge in [-0.25, -0.2) is 4.98 Å². The van der Waals surface area contributed by atoms with Crippen LogP contribution < -0.4 is 16.0 Å². The number of methoxy groups -OCH3 is 2. The topological polar surface area (TPSA) is 148 Å². The Morgan fingerprint density at radius 2 is 1.68 bits per heavy atom. The molecule has 0 aliphatic carbocycles. The molecule has 1 fully saturated rings. The van der Waals surface area contributed by atoms with Crippen molar-refractivity contribution in [3.8, 4) is 0 Å². The van der Waals surface area contributed by atoms with Gasteiger partial charge in [-0.05, 0) is 32.3 Å². The summed E-state index contributed by atoms with van der Waals surface area (Å²) in [6, 6.07) is 6.34. The van der Waals surface area contributed by atoms with E-state index >= 15 is 0 Å². The lowest BCUT2D eigenvalue weighted by atomic mass is 9.94. The second-order valence-corrected chi connectivity index (χ2v) is 10.4. The SMILES string of the molecule is COCC[C@H](NC(=O)c1cnc(C)s1)C(=O)N[C@@H](COC)C(=O)N[C@@H](Cc1ccccc1)C(=O)[C@@]1(C)CO1. The molecular weight excluding hydrogens is 512 g/mol. The molecule has 2 heterocycles. The number of thiazole rings is 1. The Morgan fingerprint density at radius 3 is 2.26 bits per heavy atom. The van der Waals surface area contributed by atoms with Crippen LogP contribution in [0.25, 0.3) is 0 Å². The highest BCUT2D eigenvalue weighted by molar-refractivity contribution is 7.13. The van der Waals surface area contributed by atoms with Crippen molar-refractivity contribution in [2.24, 2.45) is 0 Å². The van der Waals surface area contributed by atoms with E-state index in [1.165, 1.54) is 31.8 Å². The first-order valence-corrected chi connectivity index (χ1v) is 13.0. The van der Waals surface area contributed by atoms with Crippen molar-refractivity contribution in [1.82, 2.24) is 20.9 Å². The van der Waals surface area contributed by atoms with Crippen molar-refractivity contribution in [2.75, 3.05) is 34.0 Å². The normalized spacial score (nSPS) is 18.6. The van der Waals surface area contributed by atoms with E-state index in [4.69, 9.17) is 14.2 Å². The fourth-order valence-electron chi connectivity index (χ4n) is 3.77. The lowest BCUT2D eigenvalue weighted by molar-refractivity contribution is -0.134. The third kappa shape index (κ3) is 8.15. The minimum absolute atomic E-state index is 0.142. The Balaban J connectivity index is 1.71. The monoisotopic (exact) mass is 546 g/mol. The Labute approximate surface area is 225 Å². The second-order valence-electron chi connectivity index (χ2n) is 9.20. The number of nitrogens with zero attached hydrogens (tertiary/aromatic N) is 1. The first-order chi connectivity index (χ1) is 18.2. The summed E-state index contributed by atoms with van der Waals surface area (Å²) in [5.41, 5.74) is -0.0829. The number of rotatable bonds is 15. The Hall–Kier alpha value is -3.19. The quantitative estimate of drug-likeness (QED) is 0.278. The summed E-state index contributed by atoms with van der Waals surface area (Å²) < 4.78 is 15.6. The third-order valence-electron chi connectivity index (χ3n) is 6.06. The average Bonchev–Trinajstić information content (AvgIpc) is 3.51. The number of hydrogen-bond donors (Lipinski definition) is 3. The van der Waals surface area contributed by atoms with E-state index < -0.39 is 41.4 Å². The van der Waals surface area contributed by atoms with Crippen LogP contribution in [0.4, 0.5) is 0 Å². The number of benzene rings is 1. The number of Topliss-reactive ketones (excluding diaryl/α,β-unsaturated/α-hetero) is 1. The van der Waals surface area contributed by atoms with Crippen molar-refractivity contribution < 1.29 is 33.4 Å². The summed E-state index contributed by atoms with van der Waals surface area (Å²) in [5.74, 6) is -1.88. The van der Waals surface area contributed by atoms with Gasteiger partial charge < -0.3 is 30.2 Å². The summed E-state index contributed by atoms with van der Waals surface area (Å²) in [6.45, 7) is 3.80. The number of aryl methyl sites for hydroxylation is 1. The van der Waals surface area contributed by atoms with Crippen LogP contribution >= 0.6 is 11.3 Å². The van der Waals surface area contributed by atoms with Gasteiger partial charge in [-0.1, -0.05) is 30.3 Å². The number of carbonyl (C=O) groups is 4. The molecule has 3 amide bonds. The zero-order chi connectivity index (χ0) is 27.7. The van der Waals surface area contributed by atoms with Crippen molar-refractivity contribution in [3.05, 3.63) is 52.0 Å². The fraction of sp³-hybridized carbons (Fsp3) is 0.500. The maximum atomic E-state index is 13.3. The average molecular weight is 547 g/mol. The molecule has 12 heteroatoms. The molecule has 1 aliphatic heterocycles. The van der Waals surface area contributed by atoms with Crippen molar-refractivity contribution in [3.63, 3.8) is 0 Å². The van der Waals surface area contributed by atoms with Crippen molar-refractivity contribution in [1.29, 1.82) is 0 Å². The van der Waals surface area contributed by atoms with Crippen molar-refractivity contribution in [2.45, 2.75) is 50.4 Å². The summed E-state index contributed by atoms with van der Waals surface area (Å²) in [4.78, 5) is 56.7. The predicted molar refractivity (Wildman–Crippen MR) is 140 cm³/mol. The molecule has 4 atom stereocenters. The number of aromatic nitrogens is 1. The molecule has 3 rings (SSSR count). The zero-order valence-electron chi connectivity index (χ0n) is 21.9. The molecule has 2 aromatic rings. The number of ether oxygens (including phenoxy) is 3. The first kappa shape index (κ1) is 29.4. The zero-order valence-corrected chi connectivity index (χ0v) is 22.8. The van der Waals surface area contributed by atoms with Crippen molar-refractivity contribution >= 4 is 34.8 Å². The van der Waals surface area contributed by atoms with Crippen LogP contribution in [0.15, 0.2) is 36.5 Å². The molecule has 1 aromatic carbocycles. The van der Waals surface area contributed by atoms with Crippen LogP contribution in [0, 0.1) is 6.92 Å². The lowest BCUT2D eigenvalue weighted by Crippen LogP contribution is -2.58. The van der Waals surface area contributed by atoms with Crippen LogP contribution in [0.5, 0.6) is 0 Å². The molecule has 206 valence electrons. The highest BCUT2D eigenvalue weighted by atomic mass is 32.1. The Kier molecular flexibility index (Phi) is 10.5. The van der Waals surface area contributed by atoms with Crippen LogP contribution in [-0.2, 0) is 35.0 Å². The van der Waals surface area contributed by atoms with Gasteiger partial charge in [-0.2, -0.15) is 0 Å². The maximum absolute atomic E-state index is 13.3. The fourth-order valence-corrected chi connectivity index (χ4v) is 4.45. The molecule has 0 radical (unpaired) electrons. The van der Waals surface area contributed by atoms with E-state index in [1.807, 2.05) is 30.3 Å². The maximum Gasteiger partial charge on any atom is 0.263 e. The predicted octanol–water partition coefficient (Wildman–Crippen LogP) is 0.803. The van der Waals surface area contributed by atoms with E-state index in [0.717, 1.165) is 10.6 Å². The second kappa shape index (κ2) is 13.6. The first-order valence-electron chi connectivity index (χ1n) is 12.2. The highest BCUT2D eigenvalue weighted by Crippen LogP contribution is 2.29. The Morgan fingerprint density at radius 1 is 1.03 bits per heavy atom. The number of ketones is 1. The van der Waals surface area contributed by atoms with Gasteiger partial charge in [0.25, 0.3) is 5.91 Å². The molecular formula is C26H34N4O7S. The van der Waals surface area contributed by atoms with Gasteiger partial charge in [0.1, 0.15) is 22.6 Å². The van der Waals surface area contributed by atoms with Gasteiger partial charge in [0.05, 0.1) is 30.5 Å². The number of epoxide rings is 1. The lowest BCUT2D eigenvalue weighted by Gasteiger charge is -2.25. The molecule has 38 heavy (non-hydrogen) atoms. The Bertz CT molecular complexity index is 1120. The molecule has 3 N–H and O–H groups in total. The van der Waals surface area contributed by atoms with Gasteiger partial charge >= 0.3 is 0 Å². The van der Waals surface area contributed by atoms with Gasteiger partial charge in [0.2, 0.25) is 11.8 Å². The van der Waals surface area contributed by atoms with Gasteiger partial charge in [-0.3, -0.25) is 19.2 Å². The molecule has 0 unspecified atom stereocenters. The van der Waals surface area contributed by atoms with E-state index in [1.54, 1.807) is 13.8 Å². The molecule has 11 nitrogen and oxygen atoms in total. The standard InChI is InChI=1S/C26H34N4O7S/c1-16-27-13-21(38-16)25(34)28-18(10-11-35-3)23(32)30-20(14-36-4)24(33)29-19(22(31)26(2)15-37-26)12-17-8-6-5-7-9-17/h5-9,13,18-20H,10-12,14-15H2,1-4H3,(H,28,34)(H,29,33)(H,30,32)/t18-,19-,20-,26+/m0/s1. The number of carbonyl (C=O) groups excluding carboxylic acids is 4. The van der Waals surface area contributed by atoms with Crippen LogP contribution in [-0.4, -0.2) is 86.3 Å². The minimum Gasteiger partial charge on any atom is -0.385 e. The highest BCUT2D eigenvalue weighted by Gasteiger charge is 2.50. The van der Waals surface area contributed by atoms with E-state index in [0.29, 0.717) is 4.88 Å². The van der Waals surface area contributed by atoms with Gasteiger partial charge in [0.15, 0.2) is 5.78 Å². The molecule has 1 aromatic heterocycles. The van der Waals surface area contributed by atoms with E-state index in [2.05, 4.69) is 20.9 Å². The summed E-state index contributed by atoms with van der Waals surface area (Å²) in [5, 5.41) is 8.82. The number of hydrogen-bond acceptors (Lipinski definition) is 9. The molecule has 0 saturated carbocycles. The molecule has 1 saturated heterocycles. The third-order valence-corrected chi connectivity index (χ3v) is 6.97. The number of amides is 3. The largest absolute Gasteiger partial charge is 0.385 e. The summed E-state index contributed by atoms with van der Waals surface area (Å²) >= 11 is 1.21. The minimum atomic E-state index is -1.11. The van der Waals surface area contributed by atoms with Crippen LogP contribution in [0.3, 0.4) is 0 Å². The smallest absolute Gasteiger partial charge is 0.263 e. The van der Waals surface area contributed by atoms with E-state index in [-0.39, 0.29) is 38.4 Å². The summed E-state index contributed by atoms with van der Waals surface area (Å²) in [7, 11) is 2.88. The molecule has 0 spiro atoms. The molecule has 1 aliphatic rings. The van der Waals surface area contributed by atoms with Gasteiger partial charge in [-0.15, -0.1) is 11.3 Å². The van der Waals surface area contributed by atoms with E-state index in [9.17, 15) is 19.2 Å². The van der Waals surface area contributed by atoms with Gasteiger partial charge in [0, 0.05) is 20.8 Å². The van der Waals surface area contributed by atoms with Crippen LogP contribution in [0.2, 0.25) is 0 Å².